The molecule has 0 saturated heterocycles. The molecule has 1 aromatic heterocycles. The van der Waals surface area contributed by atoms with Crippen LogP contribution in [0.2, 0.25) is 5.02 Å². The van der Waals surface area contributed by atoms with Crippen LogP contribution in [0.3, 0.4) is 0 Å². The first-order valence-corrected chi connectivity index (χ1v) is 6.63. The highest BCUT2D eigenvalue weighted by Gasteiger charge is 2.07. The Balaban J connectivity index is 2.01. The smallest absolute Gasteiger partial charge is 0.287 e. The van der Waals surface area contributed by atoms with Crippen LogP contribution in [0.15, 0.2) is 41.3 Å². The van der Waals surface area contributed by atoms with Crippen LogP contribution in [-0.4, -0.2) is 16.3 Å². The first-order valence-electron chi connectivity index (χ1n) is 6.25. The molecular formula is C14H16ClN3O. The van der Waals surface area contributed by atoms with E-state index >= 15 is 0 Å². The minimum atomic E-state index is -0.256. The Bertz CT molecular complexity index is 595. The molecule has 0 aliphatic heterocycles. The first-order chi connectivity index (χ1) is 9.22. The standard InChI is InChI=1S/C14H16ClN3O/c1-2-18-14(19)13(15)12(10-17-18)16-9-8-11-6-4-3-5-7-11/h3-7,10,16H,2,8-9H2,1H3. The van der Waals surface area contributed by atoms with Gasteiger partial charge in [0.2, 0.25) is 0 Å². The van der Waals surface area contributed by atoms with Gasteiger partial charge in [-0.3, -0.25) is 4.79 Å². The second kappa shape index (κ2) is 6.38. The largest absolute Gasteiger partial charge is 0.382 e. The van der Waals surface area contributed by atoms with Gasteiger partial charge in [0.1, 0.15) is 5.02 Å². The number of benzene rings is 1. The van der Waals surface area contributed by atoms with Crippen molar-refractivity contribution in [1.29, 1.82) is 0 Å². The van der Waals surface area contributed by atoms with Crippen LogP contribution in [0, 0.1) is 0 Å². The number of rotatable bonds is 5. The van der Waals surface area contributed by atoms with E-state index in [2.05, 4.69) is 22.5 Å². The summed E-state index contributed by atoms with van der Waals surface area (Å²) in [4.78, 5) is 11.8. The zero-order valence-electron chi connectivity index (χ0n) is 10.8. The van der Waals surface area contributed by atoms with E-state index in [0.717, 1.165) is 6.42 Å². The monoisotopic (exact) mass is 277 g/mol. The maximum atomic E-state index is 11.8. The maximum absolute atomic E-state index is 11.8. The summed E-state index contributed by atoms with van der Waals surface area (Å²) >= 11 is 6.02. The zero-order chi connectivity index (χ0) is 13.7. The van der Waals surface area contributed by atoms with Crippen LogP contribution in [0.25, 0.3) is 0 Å². The van der Waals surface area contributed by atoms with Gasteiger partial charge in [0, 0.05) is 13.1 Å². The highest BCUT2D eigenvalue weighted by atomic mass is 35.5. The molecule has 2 aromatic rings. The Morgan fingerprint density at radius 3 is 2.74 bits per heavy atom. The van der Waals surface area contributed by atoms with Crippen molar-refractivity contribution in [2.45, 2.75) is 19.9 Å². The van der Waals surface area contributed by atoms with E-state index in [1.165, 1.54) is 10.2 Å². The van der Waals surface area contributed by atoms with Crippen molar-refractivity contribution in [1.82, 2.24) is 9.78 Å². The SMILES string of the molecule is CCn1ncc(NCCc2ccccc2)c(Cl)c1=O. The Hall–Kier alpha value is -1.81. The van der Waals surface area contributed by atoms with Gasteiger partial charge in [0.15, 0.2) is 0 Å². The Morgan fingerprint density at radius 1 is 1.32 bits per heavy atom. The third-order valence-electron chi connectivity index (χ3n) is 2.86. The quantitative estimate of drug-likeness (QED) is 0.914. The van der Waals surface area contributed by atoms with Crippen molar-refractivity contribution in [2.24, 2.45) is 0 Å². The molecule has 0 amide bonds. The van der Waals surface area contributed by atoms with E-state index in [0.29, 0.717) is 18.8 Å². The number of hydrogen-bond acceptors (Lipinski definition) is 3. The molecule has 5 heteroatoms. The first kappa shape index (κ1) is 13.6. The van der Waals surface area contributed by atoms with E-state index in [1.807, 2.05) is 25.1 Å². The van der Waals surface area contributed by atoms with E-state index in [4.69, 9.17) is 11.6 Å². The number of nitrogens with one attached hydrogen (secondary N) is 1. The molecule has 0 radical (unpaired) electrons. The lowest BCUT2D eigenvalue weighted by Crippen LogP contribution is -2.23. The Kier molecular flexibility index (Phi) is 4.58. The van der Waals surface area contributed by atoms with Crippen LogP contribution >= 0.6 is 11.6 Å². The van der Waals surface area contributed by atoms with Gasteiger partial charge in [-0.1, -0.05) is 41.9 Å². The van der Waals surface area contributed by atoms with Gasteiger partial charge in [-0.15, -0.1) is 0 Å². The van der Waals surface area contributed by atoms with Crippen molar-refractivity contribution in [3.8, 4) is 0 Å². The molecule has 0 unspecified atom stereocenters. The zero-order valence-corrected chi connectivity index (χ0v) is 11.5. The summed E-state index contributed by atoms with van der Waals surface area (Å²) in [5.74, 6) is 0. The molecule has 2 rings (SSSR count). The molecule has 1 N–H and O–H groups in total. The Labute approximate surface area is 117 Å². The lowest BCUT2D eigenvalue weighted by Gasteiger charge is -2.09. The predicted molar refractivity (Wildman–Crippen MR) is 77.8 cm³/mol. The van der Waals surface area contributed by atoms with Crippen molar-refractivity contribution in [2.75, 3.05) is 11.9 Å². The topological polar surface area (TPSA) is 46.9 Å². The van der Waals surface area contributed by atoms with Gasteiger partial charge >= 0.3 is 0 Å². The molecule has 0 fully saturated rings. The summed E-state index contributed by atoms with van der Waals surface area (Å²) in [7, 11) is 0. The molecule has 1 aromatic carbocycles. The second-order valence-electron chi connectivity index (χ2n) is 4.16. The molecular weight excluding hydrogens is 262 g/mol. The molecule has 0 aliphatic rings. The number of aromatic nitrogens is 2. The molecule has 0 aliphatic carbocycles. The van der Waals surface area contributed by atoms with Crippen LogP contribution in [0.5, 0.6) is 0 Å². The normalized spacial score (nSPS) is 10.4. The minimum absolute atomic E-state index is 0.199. The summed E-state index contributed by atoms with van der Waals surface area (Å²) in [6, 6.07) is 10.1. The molecule has 100 valence electrons. The van der Waals surface area contributed by atoms with Gasteiger partial charge in [-0.05, 0) is 18.9 Å². The van der Waals surface area contributed by atoms with Crippen molar-refractivity contribution in [3.05, 3.63) is 57.5 Å². The van der Waals surface area contributed by atoms with Gasteiger partial charge in [-0.2, -0.15) is 5.10 Å². The fourth-order valence-electron chi connectivity index (χ4n) is 1.80. The van der Waals surface area contributed by atoms with Crippen LogP contribution in [-0.2, 0) is 13.0 Å². The molecule has 1 heterocycles. The summed E-state index contributed by atoms with van der Waals surface area (Å²) in [6.45, 7) is 3.08. The lowest BCUT2D eigenvalue weighted by molar-refractivity contribution is 0.616. The molecule has 0 spiro atoms. The average molecular weight is 278 g/mol. The predicted octanol–water partition coefficient (Wildman–Crippen LogP) is 2.57. The number of halogens is 1. The minimum Gasteiger partial charge on any atom is -0.382 e. The third-order valence-corrected chi connectivity index (χ3v) is 3.22. The molecule has 0 bridgehead atoms. The summed E-state index contributed by atoms with van der Waals surface area (Å²) in [5, 5.41) is 7.39. The summed E-state index contributed by atoms with van der Waals surface area (Å²) in [5.41, 5.74) is 1.57. The summed E-state index contributed by atoms with van der Waals surface area (Å²) in [6.07, 6.45) is 2.46. The Morgan fingerprint density at radius 2 is 2.05 bits per heavy atom. The molecule has 0 atom stereocenters. The van der Waals surface area contributed by atoms with Gasteiger partial charge in [0.05, 0.1) is 11.9 Å². The number of aryl methyl sites for hydroxylation is 1. The molecule has 19 heavy (non-hydrogen) atoms. The fourth-order valence-corrected chi connectivity index (χ4v) is 2.01. The van der Waals surface area contributed by atoms with Gasteiger partial charge in [-0.25, -0.2) is 4.68 Å². The third kappa shape index (κ3) is 3.35. The number of hydrogen-bond donors (Lipinski definition) is 1. The highest BCUT2D eigenvalue weighted by molar-refractivity contribution is 6.32. The highest BCUT2D eigenvalue weighted by Crippen LogP contribution is 2.15. The number of anilines is 1. The van der Waals surface area contributed by atoms with E-state index in [-0.39, 0.29) is 10.6 Å². The number of nitrogens with zero attached hydrogens (tertiary/aromatic N) is 2. The van der Waals surface area contributed by atoms with Crippen LogP contribution < -0.4 is 10.9 Å². The van der Waals surface area contributed by atoms with Crippen molar-refractivity contribution in [3.63, 3.8) is 0 Å². The fraction of sp³-hybridized carbons (Fsp3) is 0.286. The average Bonchev–Trinajstić information content (AvgIpc) is 2.45. The van der Waals surface area contributed by atoms with Gasteiger partial charge in [0.25, 0.3) is 5.56 Å². The van der Waals surface area contributed by atoms with E-state index in [1.54, 1.807) is 6.20 Å². The van der Waals surface area contributed by atoms with Crippen LogP contribution in [0.4, 0.5) is 5.69 Å². The second-order valence-corrected chi connectivity index (χ2v) is 4.53. The molecule has 4 nitrogen and oxygen atoms in total. The van der Waals surface area contributed by atoms with E-state index < -0.39 is 0 Å². The van der Waals surface area contributed by atoms with E-state index in [9.17, 15) is 4.79 Å². The van der Waals surface area contributed by atoms with Crippen molar-refractivity contribution >= 4 is 17.3 Å². The van der Waals surface area contributed by atoms with Gasteiger partial charge < -0.3 is 5.32 Å². The summed E-state index contributed by atoms with van der Waals surface area (Å²) < 4.78 is 1.34. The van der Waals surface area contributed by atoms with Crippen LogP contribution in [0.1, 0.15) is 12.5 Å². The maximum Gasteiger partial charge on any atom is 0.287 e. The molecule has 0 saturated carbocycles. The van der Waals surface area contributed by atoms with Crippen molar-refractivity contribution < 1.29 is 0 Å². The lowest BCUT2D eigenvalue weighted by atomic mass is 10.1.